The van der Waals surface area contributed by atoms with Crippen molar-refractivity contribution in [3.63, 3.8) is 0 Å². The lowest BCUT2D eigenvalue weighted by atomic mass is 10.1. The molecule has 174 valence electrons. The van der Waals surface area contributed by atoms with Crippen molar-refractivity contribution in [2.45, 2.75) is 25.9 Å². The minimum Gasteiger partial charge on any atom is -0.490 e. The van der Waals surface area contributed by atoms with Crippen LogP contribution < -0.4 is 21.1 Å². The number of aromatic amines is 1. The van der Waals surface area contributed by atoms with E-state index in [1.807, 2.05) is 43.3 Å². The van der Waals surface area contributed by atoms with Crippen molar-refractivity contribution in [2.24, 2.45) is 5.73 Å². The van der Waals surface area contributed by atoms with Crippen LogP contribution in [-0.2, 0) is 0 Å². The molecule has 0 radical (unpaired) electrons. The van der Waals surface area contributed by atoms with Crippen LogP contribution in [0.5, 0.6) is 5.75 Å². The molecule has 10 heteroatoms. The molecule has 2 amide bonds. The first-order valence-corrected chi connectivity index (χ1v) is 11.1. The molecular formula is C24H25N7O3. The molecule has 2 aromatic carbocycles. The Morgan fingerprint density at radius 2 is 1.97 bits per heavy atom. The topological polar surface area (TPSA) is 140 Å². The van der Waals surface area contributed by atoms with Gasteiger partial charge in [-0.15, -0.1) is 0 Å². The van der Waals surface area contributed by atoms with E-state index in [1.165, 1.54) is 10.9 Å². The molecule has 0 bridgehead atoms. The molecule has 1 saturated heterocycles. The number of nitrogens with one attached hydrogen (secondary N) is 3. The second kappa shape index (κ2) is 8.99. The Hall–Kier alpha value is -4.18. The molecule has 4 aromatic rings. The van der Waals surface area contributed by atoms with Gasteiger partial charge in [-0.1, -0.05) is 18.2 Å². The summed E-state index contributed by atoms with van der Waals surface area (Å²) in [5.41, 5.74) is 8.30. The average Bonchev–Trinajstić information content (AvgIpc) is 3.46. The number of fused-ring (bicyclic) bond motifs is 1. The van der Waals surface area contributed by atoms with Gasteiger partial charge >= 0.3 is 0 Å². The number of rotatable bonds is 6. The summed E-state index contributed by atoms with van der Waals surface area (Å²) in [4.78, 5) is 37.2. The van der Waals surface area contributed by atoms with E-state index in [2.05, 4.69) is 25.6 Å². The van der Waals surface area contributed by atoms with E-state index in [1.54, 1.807) is 6.07 Å². The van der Waals surface area contributed by atoms with Gasteiger partial charge in [0.05, 0.1) is 11.0 Å². The minimum absolute atomic E-state index is 0.00404. The third-order valence-electron chi connectivity index (χ3n) is 5.87. The predicted molar refractivity (Wildman–Crippen MR) is 127 cm³/mol. The number of primary amides is 1. The summed E-state index contributed by atoms with van der Waals surface area (Å²) in [6.07, 6.45) is 3.34. The monoisotopic (exact) mass is 459 g/mol. The Morgan fingerprint density at radius 1 is 1.18 bits per heavy atom. The number of carbonyl (C=O) groups is 2. The maximum Gasteiger partial charge on any atom is 0.275 e. The highest BCUT2D eigenvalue weighted by molar-refractivity contribution is 6.10. The summed E-state index contributed by atoms with van der Waals surface area (Å²) in [5, 5.41) is 6.20. The van der Waals surface area contributed by atoms with E-state index < -0.39 is 11.8 Å². The zero-order valence-electron chi connectivity index (χ0n) is 18.7. The van der Waals surface area contributed by atoms with Crippen molar-refractivity contribution in [1.82, 2.24) is 24.8 Å². The molecule has 0 aliphatic carbocycles. The highest BCUT2D eigenvalue weighted by atomic mass is 16.5. The van der Waals surface area contributed by atoms with E-state index in [0.29, 0.717) is 17.4 Å². The number of piperidine rings is 1. The molecule has 10 nitrogen and oxygen atoms in total. The fourth-order valence-corrected chi connectivity index (χ4v) is 4.06. The van der Waals surface area contributed by atoms with Crippen molar-refractivity contribution >= 4 is 28.5 Å². The molecule has 3 heterocycles. The van der Waals surface area contributed by atoms with Crippen LogP contribution in [0.4, 0.5) is 5.69 Å². The van der Waals surface area contributed by atoms with Gasteiger partial charge in [0, 0.05) is 11.8 Å². The lowest BCUT2D eigenvalue weighted by molar-refractivity contribution is 0.0971. The van der Waals surface area contributed by atoms with Crippen LogP contribution in [0.2, 0.25) is 0 Å². The number of aryl methyl sites for hydroxylation is 1. The van der Waals surface area contributed by atoms with Crippen LogP contribution in [0, 0.1) is 6.92 Å². The van der Waals surface area contributed by atoms with Crippen molar-refractivity contribution in [2.75, 3.05) is 18.4 Å². The summed E-state index contributed by atoms with van der Waals surface area (Å²) in [7, 11) is 0. The molecule has 1 aliphatic rings. The summed E-state index contributed by atoms with van der Waals surface area (Å²) in [5.74, 6) is -0.312. The van der Waals surface area contributed by atoms with Gasteiger partial charge in [-0.05, 0) is 56.6 Å². The molecule has 34 heavy (non-hydrogen) atoms. The maximum absolute atomic E-state index is 13.4. The van der Waals surface area contributed by atoms with E-state index in [4.69, 9.17) is 10.5 Å². The van der Waals surface area contributed by atoms with Crippen LogP contribution in [0.3, 0.4) is 0 Å². The summed E-state index contributed by atoms with van der Waals surface area (Å²) < 4.78 is 7.54. The van der Waals surface area contributed by atoms with Gasteiger partial charge in [-0.2, -0.15) is 0 Å². The fraction of sp³-hybridized carbons (Fsp3) is 0.250. The lowest BCUT2D eigenvalue weighted by Gasteiger charge is -2.24. The van der Waals surface area contributed by atoms with Crippen molar-refractivity contribution in [3.05, 3.63) is 65.7 Å². The molecule has 5 N–H and O–H groups in total. The number of hydrogen-bond acceptors (Lipinski definition) is 6. The highest BCUT2D eigenvalue weighted by Crippen LogP contribution is 2.26. The Balaban J connectivity index is 1.46. The third-order valence-corrected chi connectivity index (χ3v) is 5.87. The zero-order valence-corrected chi connectivity index (χ0v) is 18.7. The van der Waals surface area contributed by atoms with Gasteiger partial charge in [0.25, 0.3) is 11.8 Å². The average molecular weight is 460 g/mol. The Bertz CT molecular complexity index is 1340. The third kappa shape index (κ3) is 4.23. The number of nitrogens with two attached hydrogens (primary N) is 1. The molecular weight excluding hydrogens is 434 g/mol. The van der Waals surface area contributed by atoms with Gasteiger partial charge in [0.1, 0.15) is 23.9 Å². The van der Waals surface area contributed by atoms with Crippen molar-refractivity contribution < 1.29 is 14.3 Å². The van der Waals surface area contributed by atoms with E-state index in [0.717, 1.165) is 42.5 Å². The number of carbonyl (C=O) groups excluding carboxylic acids is 2. The Labute approximate surface area is 195 Å². The van der Waals surface area contributed by atoms with Crippen LogP contribution in [0.25, 0.3) is 17.0 Å². The standard InChI is InChI=1S/C24H25N7O3/c1-14-6-7-16(34-15-8-10-26-11-9-15)12-19(14)28-23(33)21-20(22(25)32)27-13-31(21)24-29-17-4-2-3-5-18(17)30-24/h2-7,12-13,15,26H,8-11H2,1H3,(H2,25,32)(H,28,33)(H,29,30). The van der Waals surface area contributed by atoms with Gasteiger partial charge in [0.15, 0.2) is 5.69 Å². The number of imidazole rings is 2. The number of amides is 2. The van der Waals surface area contributed by atoms with Crippen LogP contribution in [0.15, 0.2) is 48.8 Å². The molecule has 0 unspecified atom stereocenters. The zero-order chi connectivity index (χ0) is 23.7. The predicted octanol–water partition coefficient (Wildman–Crippen LogP) is 2.54. The van der Waals surface area contributed by atoms with Gasteiger partial charge in [0.2, 0.25) is 5.95 Å². The number of ether oxygens (including phenoxy) is 1. The number of para-hydroxylation sites is 2. The Kier molecular flexibility index (Phi) is 5.72. The SMILES string of the molecule is Cc1ccc(OC2CCNCC2)cc1NC(=O)c1c(C(N)=O)ncn1-c1nc2ccccc2[nH]1. The van der Waals surface area contributed by atoms with Crippen molar-refractivity contribution in [3.8, 4) is 11.7 Å². The van der Waals surface area contributed by atoms with E-state index in [9.17, 15) is 9.59 Å². The highest BCUT2D eigenvalue weighted by Gasteiger charge is 2.25. The lowest BCUT2D eigenvalue weighted by Crippen LogP contribution is -2.34. The van der Waals surface area contributed by atoms with E-state index >= 15 is 0 Å². The number of H-pyrrole nitrogens is 1. The smallest absolute Gasteiger partial charge is 0.275 e. The largest absolute Gasteiger partial charge is 0.490 e. The van der Waals surface area contributed by atoms with Crippen molar-refractivity contribution in [1.29, 1.82) is 0 Å². The summed E-state index contributed by atoms with van der Waals surface area (Å²) in [6.45, 7) is 3.72. The van der Waals surface area contributed by atoms with Gasteiger partial charge < -0.3 is 26.1 Å². The van der Waals surface area contributed by atoms with Crippen LogP contribution in [0.1, 0.15) is 39.4 Å². The molecule has 0 atom stereocenters. The molecule has 5 rings (SSSR count). The molecule has 1 fully saturated rings. The quantitative estimate of drug-likeness (QED) is 0.349. The summed E-state index contributed by atoms with van der Waals surface area (Å²) >= 11 is 0. The van der Waals surface area contributed by atoms with Crippen LogP contribution >= 0.6 is 0 Å². The maximum atomic E-state index is 13.4. The van der Waals surface area contributed by atoms with E-state index in [-0.39, 0.29) is 17.5 Å². The van der Waals surface area contributed by atoms with Gasteiger partial charge in [-0.25, -0.2) is 9.97 Å². The Morgan fingerprint density at radius 3 is 2.74 bits per heavy atom. The summed E-state index contributed by atoms with van der Waals surface area (Å²) in [6, 6.07) is 13.0. The van der Waals surface area contributed by atoms with Crippen LogP contribution in [-0.4, -0.2) is 50.5 Å². The fourth-order valence-electron chi connectivity index (χ4n) is 4.06. The number of nitrogens with zero attached hydrogens (tertiary/aromatic N) is 3. The first kappa shape index (κ1) is 21.7. The molecule has 0 spiro atoms. The second-order valence-electron chi connectivity index (χ2n) is 8.25. The minimum atomic E-state index is -0.806. The first-order chi connectivity index (χ1) is 16.5. The molecule has 2 aromatic heterocycles. The number of benzene rings is 2. The second-order valence-corrected chi connectivity index (χ2v) is 8.25. The number of anilines is 1. The first-order valence-electron chi connectivity index (χ1n) is 11.1. The molecule has 1 aliphatic heterocycles. The number of hydrogen-bond donors (Lipinski definition) is 4. The molecule has 0 saturated carbocycles. The number of aromatic nitrogens is 4. The normalized spacial score (nSPS) is 14.3. The van der Waals surface area contributed by atoms with Gasteiger partial charge in [-0.3, -0.25) is 14.2 Å².